The van der Waals surface area contributed by atoms with E-state index in [0.29, 0.717) is 23.5 Å². The predicted octanol–water partition coefficient (Wildman–Crippen LogP) is 0.987. The Hall–Kier alpha value is -1.58. The average Bonchev–Trinajstić information content (AvgIpc) is 2.77. The lowest BCUT2D eigenvalue weighted by Crippen LogP contribution is -2.45. The first-order chi connectivity index (χ1) is 8.70. The van der Waals surface area contributed by atoms with Crippen LogP contribution in [0, 0.1) is 18.3 Å². The molecular weight excluding hydrogens is 232 g/mol. The predicted molar refractivity (Wildman–Crippen MR) is 66.3 cm³/mol. The van der Waals surface area contributed by atoms with Gasteiger partial charge in [0.15, 0.2) is 5.89 Å². The van der Waals surface area contributed by atoms with Gasteiger partial charge in [-0.3, -0.25) is 4.90 Å². The van der Waals surface area contributed by atoms with E-state index in [4.69, 9.17) is 14.4 Å². The first kappa shape index (κ1) is 12.9. The summed E-state index contributed by atoms with van der Waals surface area (Å²) < 4.78 is 10.7. The summed E-state index contributed by atoms with van der Waals surface area (Å²) in [4.78, 5) is 6.35. The molecule has 1 atom stereocenters. The number of hydrogen-bond acceptors (Lipinski definition) is 6. The van der Waals surface area contributed by atoms with Crippen LogP contribution in [-0.2, 0) is 4.74 Å². The van der Waals surface area contributed by atoms with Gasteiger partial charge in [-0.15, -0.1) is 0 Å². The third kappa shape index (κ3) is 3.00. The van der Waals surface area contributed by atoms with Crippen LogP contribution in [0.25, 0.3) is 0 Å². The SMILES string of the molecule is Cc1nc(C#N)c(NC[C@@H](C)N2CCOCC2)o1. The fourth-order valence-electron chi connectivity index (χ4n) is 2.01. The van der Waals surface area contributed by atoms with E-state index in [0.717, 1.165) is 32.8 Å². The number of hydrogen-bond donors (Lipinski definition) is 1. The van der Waals surface area contributed by atoms with Gasteiger partial charge in [0.05, 0.1) is 13.2 Å². The van der Waals surface area contributed by atoms with E-state index in [9.17, 15) is 0 Å². The summed E-state index contributed by atoms with van der Waals surface area (Å²) in [5, 5.41) is 12.1. The van der Waals surface area contributed by atoms with Crippen molar-refractivity contribution < 1.29 is 9.15 Å². The molecule has 1 aromatic heterocycles. The number of rotatable bonds is 4. The van der Waals surface area contributed by atoms with E-state index < -0.39 is 0 Å². The van der Waals surface area contributed by atoms with Crippen LogP contribution in [0.1, 0.15) is 18.5 Å². The van der Waals surface area contributed by atoms with Gasteiger partial charge < -0.3 is 14.5 Å². The average molecular weight is 250 g/mol. The van der Waals surface area contributed by atoms with Crippen molar-refractivity contribution in [3.63, 3.8) is 0 Å². The number of nitrogens with one attached hydrogen (secondary N) is 1. The van der Waals surface area contributed by atoms with Gasteiger partial charge in [0.25, 0.3) is 0 Å². The molecule has 1 aliphatic heterocycles. The molecule has 1 N–H and O–H groups in total. The molecule has 2 rings (SSSR count). The van der Waals surface area contributed by atoms with Crippen LogP contribution in [-0.4, -0.2) is 48.8 Å². The fraction of sp³-hybridized carbons (Fsp3) is 0.667. The van der Waals surface area contributed by atoms with Crippen molar-refractivity contribution in [2.24, 2.45) is 0 Å². The molecule has 0 unspecified atom stereocenters. The van der Waals surface area contributed by atoms with Gasteiger partial charge >= 0.3 is 0 Å². The Morgan fingerprint density at radius 3 is 2.89 bits per heavy atom. The number of oxazole rings is 1. The highest BCUT2D eigenvalue weighted by molar-refractivity contribution is 5.45. The summed E-state index contributed by atoms with van der Waals surface area (Å²) in [6.45, 7) is 8.07. The maximum atomic E-state index is 8.91. The minimum atomic E-state index is 0.321. The molecule has 6 nitrogen and oxygen atoms in total. The molecule has 1 saturated heterocycles. The molecule has 0 bridgehead atoms. The monoisotopic (exact) mass is 250 g/mol. The van der Waals surface area contributed by atoms with Crippen molar-refractivity contribution in [3.05, 3.63) is 11.6 Å². The molecule has 1 fully saturated rings. The first-order valence-electron chi connectivity index (χ1n) is 6.14. The van der Waals surface area contributed by atoms with Gasteiger partial charge in [0.1, 0.15) is 6.07 Å². The van der Waals surface area contributed by atoms with E-state index in [1.165, 1.54) is 0 Å². The quantitative estimate of drug-likeness (QED) is 0.859. The van der Waals surface area contributed by atoms with Gasteiger partial charge in [-0.2, -0.15) is 5.26 Å². The highest BCUT2D eigenvalue weighted by Gasteiger charge is 2.18. The number of morpholine rings is 1. The standard InChI is InChI=1S/C12H18N4O2/c1-9(16-3-5-17-6-4-16)8-14-12-11(7-13)15-10(2)18-12/h9,14H,3-6,8H2,1-2H3/t9-/m1/s1. The molecule has 6 heteroatoms. The molecule has 0 spiro atoms. The molecule has 2 heterocycles. The minimum absolute atomic E-state index is 0.321. The van der Waals surface area contributed by atoms with Gasteiger partial charge in [0.2, 0.25) is 11.6 Å². The van der Waals surface area contributed by atoms with Crippen LogP contribution in [0.5, 0.6) is 0 Å². The summed E-state index contributed by atoms with van der Waals surface area (Å²) in [6, 6.07) is 2.39. The summed E-state index contributed by atoms with van der Waals surface area (Å²) in [5.74, 6) is 0.975. The molecule has 0 radical (unpaired) electrons. The zero-order valence-electron chi connectivity index (χ0n) is 10.8. The normalized spacial score (nSPS) is 18.3. The molecule has 0 aliphatic carbocycles. The molecular formula is C12H18N4O2. The Morgan fingerprint density at radius 2 is 2.22 bits per heavy atom. The van der Waals surface area contributed by atoms with Crippen LogP contribution in [0.15, 0.2) is 4.42 Å². The summed E-state index contributed by atoms with van der Waals surface area (Å²) in [5.41, 5.74) is 0.321. The topological polar surface area (TPSA) is 74.3 Å². The van der Waals surface area contributed by atoms with Crippen LogP contribution < -0.4 is 5.32 Å². The Bertz CT molecular complexity index is 432. The van der Waals surface area contributed by atoms with E-state index in [1.54, 1.807) is 6.92 Å². The van der Waals surface area contributed by atoms with Crippen LogP contribution >= 0.6 is 0 Å². The van der Waals surface area contributed by atoms with Gasteiger partial charge in [0, 0.05) is 32.6 Å². The van der Waals surface area contributed by atoms with Crippen molar-refractivity contribution >= 4 is 5.88 Å². The fourth-order valence-corrected chi connectivity index (χ4v) is 2.01. The minimum Gasteiger partial charge on any atom is -0.424 e. The molecule has 98 valence electrons. The van der Waals surface area contributed by atoms with Crippen molar-refractivity contribution in [2.75, 3.05) is 38.2 Å². The molecule has 1 aliphatic rings. The summed E-state index contributed by atoms with van der Waals surface area (Å²) >= 11 is 0. The third-order valence-electron chi connectivity index (χ3n) is 3.07. The van der Waals surface area contributed by atoms with Crippen molar-refractivity contribution in [1.82, 2.24) is 9.88 Å². The van der Waals surface area contributed by atoms with Crippen LogP contribution in [0.2, 0.25) is 0 Å². The van der Waals surface area contributed by atoms with E-state index in [1.807, 2.05) is 6.07 Å². The highest BCUT2D eigenvalue weighted by atomic mass is 16.5. The highest BCUT2D eigenvalue weighted by Crippen LogP contribution is 2.16. The van der Waals surface area contributed by atoms with E-state index >= 15 is 0 Å². The second-order valence-electron chi connectivity index (χ2n) is 4.40. The Kier molecular flexibility index (Phi) is 4.18. The number of aromatic nitrogens is 1. The maximum absolute atomic E-state index is 8.91. The Morgan fingerprint density at radius 1 is 1.50 bits per heavy atom. The zero-order chi connectivity index (χ0) is 13.0. The third-order valence-corrected chi connectivity index (χ3v) is 3.07. The van der Waals surface area contributed by atoms with Crippen LogP contribution in [0.3, 0.4) is 0 Å². The number of aryl methyl sites for hydroxylation is 1. The van der Waals surface area contributed by atoms with Gasteiger partial charge in [-0.1, -0.05) is 0 Å². The number of anilines is 1. The second kappa shape index (κ2) is 5.85. The Balaban J connectivity index is 1.88. The van der Waals surface area contributed by atoms with E-state index in [-0.39, 0.29) is 0 Å². The van der Waals surface area contributed by atoms with Gasteiger partial charge in [-0.25, -0.2) is 4.98 Å². The second-order valence-corrected chi connectivity index (χ2v) is 4.40. The summed E-state index contributed by atoms with van der Waals surface area (Å²) in [7, 11) is 0. The van der Waals surface area contributed by atoms with Crippen LogP contribution in [0.4, 0.5) is 5.88 Å². The lowest BCUT2D eigenvalue weighted by atomic mass is 10.2. The lowest BCUT2D eigenvalue weighted by molar-refractivity contribution is 0.0226. The van der Waals surface area contributed by atoms with Gasteiger partial charge in [-0.05, 0) is 6.92 Å². The van der Waals surface area contributed by atoms with Crippen molar-refractivity contribution in [2.45, 2.75) is 19.9 Å². The largest absolute Gasteiger partial charge is 0.424 e. The number of ether oxygens (including phenoxy) is 1. The molecule has 0 saturated carbocycles. The molecule has 0 amide bonds. The smallest absolute Gasteiger partial charge is 0.232 e. The van der Waals surface area contributed by atoms with Crippen molar-refractivity contribution in [1.29, 1.82) is 5.26 Å². The number of nitriles is 1. The maximum Gasteiger partial charge on any atom is 0.232 e. The Labute approximate surface area is 107 Å². The van der Waals surface area contributed by atoms with E-state index in [2.05, 4.69) is 22.1 Å². The zero-order valence-corrected chi connectivity index (χ0v) is 10.8. The first-order valence-corrected chi connectivity index (χ1v) is 6.14. The van der Waals surface area contributed by atoms with Crippen molar-refractivity contribution in [3.8, 4) is 6.07 Å². The summed E-state index contributed by atoms with van der Waals surface area (Å²) in [6.07, 6.45) is 0. The molecule has 0 aromatic carbocycles. The number of nitrogens with zero attached hydrogens (tertiary/aromatic N) is 3. The molecule has 1 aromatic rings. The lowest BCUT2D eigenvalue weighted by Gasteiger charge is -2.32. The molecule has 18 heavy (non-hydrogen) atoms.